The summed E-state index contributed by atoms with van der Waals surface area (Å²) in [6, 6.07) is -0.158. The summed E-state index contributed by atoms with van der Waals surface area (Å²) < 4.78 is 7.38. The number of rotatable bonds is 4. The number of nitrogens with one attached hydrogen (secondary N) is 1. The van der Waals surface area contributed by atoms with Crippen LogP contribution in [0.15, 0.2) is 24.8 Å². The third kappa shape index (κ3) is 3.56. The summed E-state index contributed by atoms with van der Waals surface area (Å²) in [5.74, 6) is 0.925. The van der Waals surface area contributed by atoms with Crippen LogP contribution in [0.1, 0.15) is 40.9 Å². The van der Waals surface area contributed by atoms with Gasteiger partial charge in [0.25, 0.3) is 5.91 Å². The summed E-state index contributed by atoms with van der Waals surface area (Å²) >= 11 is 0. The van der Waals surface area contributed by atoms with Crippen molar-refractivity contribution >= 4 is 5.91 Å². The van der Waals surface area contributed by atoms with Crippen LogP contribution in [0.4, 0.5) is 0 Å². The Kier molecular flexibility index (Phi) is 4.66. The molecule has 0 spiro atoms. The lowest BCUT2D eigenvalue weighted by atomic mass is 9.91. The Bertz CT molecular complexity index is 661. The largest absolute Gasteiger partial charge is 0.381 e. The Balaban J connectivity index is 1.82. The quantitative estimate of drug-likeness (QED) is 0.922. The first-order chi connectivity index (χ1) is 11.1. The zero-order valence-corrected chi connectivity index (χ0v) is 13.4. The zero-order chi connectivity index (χ0) is 16.2. The molecule has 2 aromatic rings. The molecule has 7 nitrogen and oxygen atoms in total. The fourth-order valence-electron chi connectivity index (χ4n) is 2.84. The zero-order valence-electron chi connectivity index (χ0n) is 13.4. The van der Waals surface area contributed by atoms with Crippen molar-refractivity contribution in [3.63, 3.8) is 0 Å². The number of hydrogen-bond donors (Lipinski definition) is 1. The molecule has 1 atom stereocenters. The maximum atomic E-state index is 12.5. The molecule has 1 amide bonds. The number of amides is 1. The fourth-order valence-corrected chi connectivity index (χ4v) is 2.84. The van der Waals surface area contributed by atoms with E-state index in [1.54, 1.807) is 12.4 Å². The first-order valence-corrected chi connectivity index (χ1v) is 7.79. The molecule has 23 heavy (non-hydrogen) atoms. The topological polar surface area (TPSA) is 81.9 Å². The molecular weight excluding hydrogens is 294 g/mol. The van der Waals surface area contributed by atoms with E-state index in [1.165, 1.54) is 6.20 Å². The van der Waals surface area contributed by atoms with Crippen molar-refractivity contribution in [1.29, 1.82) is 0 Å². The monoisotopic (exact) mass is 315 g/mol. The minimum atomic E-state index is -0.225. The Labute approximate surface area is 135 Å². The normalized spacial score (nSPS) is 17.0. The van der Waals surface area contributed by atoms with E-state index in [0.29, 0.717) is 24.8 Å². The molecule has 1 N–H and O–H groups in total. The van der Waals surface area contributed by atoms with E-state index < -0.39 is 0 Å². The molecule has 0 aliphatic carbocycles. The summed E-state index contributed by atoms with van der Waals surface area (Å²) in [7, 11) is 1.94. The minimum Gasteiger partial charge on any atom is -0.381 e. The van der Waals surface area contributed by atoms with Crippen LogP contribution in [-0.4, -0.2) is 38.6 Å². The van der Waals surface area contributed by atoms with Gasteiger partial charge in [-0.2, -0.15) is 0 Å². The van der Waals surface area contributed by atoms with Gasteiger partial charge in [-0.25, -0.2) is 9.97 Å². The molecule has 0 bridgehead atoms. The SMILES string of the molecule is Cc1cnc(C(=O)NC(c2nccn2C)C2CCOCC2)cn1. The number of aryl methyl sites for hydroxylation is 2. The molecule has 1 aliphatic heterocycles. The number of imidazole rings is 1. The van der Waals surface area contributed by atoms with Crippen LogP contribution in [0.5, 0.6) is 0 Å². The Morgan fingerprint density at radius 1 is 1.30 bits per heavy atom. The number of ether oxygens (including phenoxy) is 1. The minimum absolute atomic E-state index is 0.158. The highest BCUT2D eigenvalue weighted by Crippen LogP contribution is 2.29. The summed E-state index contributed by atoms with van der Waals surface area (Å²) in [6.07, 6.45) is 8.54. The first kappa shape index (κ1) is 15.6. The highest BCUT2D eigenvalue weighted by Gasteiger charge is 2.30. The highest BCUT2D eigenvalue weighted by atomic mass is 16.5. The molecule has 1 unspecified atom stereocenters. The summed E-state index contributed by atoms with van der Waals surface area (Å²) in [5, 5.41) is 3.09. The van der Waals surface area contributed by atoms with Gasteiger partial charge < -0.3 is 14.6 Å². The van der Waals surface area contributed by atoms with Crippen LogP contribution in [0.3, 0.4) is 0 Å². The van der Waals surface area contributed by atoms with E-state index in [9.17, 15) is 4.79 Å². The van der Waals surface area contributed by atoms with E-state index in [1.807, 2.05) is 24.7 Å². The second-order valence-electron chi connectivity index (χ2n) is 5.84. The van der Waals surface area contributed by atoms with Crippen LogP contribution in [0.25, 0.3) is 0 Å². The van der Waals surface area contributed by atoms with Gasteiger partial charge in [0.1, 0.15) is 11.5 Å². The van der Waals surface area contributed by atoms with Crippen LogP contribution >= 0.6 is 0 Å². The van der Waals surface area contributed by atoms with Crippen molar-refractivity contribution in [3.05, 3.63) is 42.0 Å². The van der Waals surface area contributed by atoms with Crippen molar-refractivity contribution in [2.24, 2.45) is 13.0 Å². The number of carbonyl (C=O) groups excluding carboxylic acids is 1. The number of aromatic nitrogens is 4. The standard InChI is InChI=1S/C16H21N5O2/c1-11-9-19-13(10-18-11)16(22)20-14(12-3-7-23-8-4-12)15-17-5-6-21(15)2/h5-6,9-10,12,14H,3-4,7-8H2,1-2H3,(H,20,22). The first-order valence-electron chi connectivity index (χ1n) is 7.79. The molecule has 1 aliphatic rings. The second kappa shape index (κ2) is 6.87. The fraction of sp³-hybridized carbons (Fsp3) is 0.500. The molecule has 1 saturated heterocycles. The highest BCUT2D eigenvalue weighted by molar-refractivity contribution is 5.92. The lowest BCUT2D eigenvalue weighted by molar-refractivity contribution is 0.0498. The Morgan fingerprint density at radius 3 is 2.70 bits per heavy atom. The Morgan fingerprint density at radius 2 is 2.09 bits per heavy atom. The van der Waals surface area contributed by atoms with Gasteiger partial charge in [-0.1, -0.05) is 0 Å². The third-order valence-electron chi connectivity index (χ3n) is 4.17. The second-order valence-corrected chi connectivity index (χ2v) is 5.84. The predicted molar refractivity (Wildman–Crippen MR) is 83.7 cm³/mol. The molecule has 1 fully saturated rings. The van der Waals surface area contributed by atoms with E-state index in [2.05, 4.69) is 20.3 Å². The average Bonchev–Trinajstić information content (AvgIpc) is 2.99. The summed E-state index contributed by atoms with van der Waals surface area (Å²) in [5.41, 5.74) is 1.11. The molecule has 3 heterocycles. The third-order valence-corrected chi connectivity index (χ3v) is 4.17. The number of nitrogens with zero attached hydrogens (tertiary/aromatic N) is 4. The van der Waals surface area contributed by atoms with Gasteiger partial charge in [-0.15, -0.1) is 0 Å². The van der Waals surface area contributed by atoms with Crippen LogP contribution in [-0.2, 0) is 11.8 Å². The summed E-state index contributed by atoms with van der Waals surface area (Å²) in [4.78, 5) is 25.2. The molecule has 0 aromatic carbocycles. The molecule has 122 valence electrons. The van der Waals surface area contributed by atoms with Gasteiger partial charge >= 0.3 is 0 Å². The van der Waals surface area contributed by atoms with Crippen LogP contribution in [0.2, 0.25) is 0 Å². The maximum Gasteiger partial charge on any atom is 0.272 e. The molecule has 0 radical (unpaired) electrons. The van der Waals surface area contributed by atoms with Gasteiger partial charge in [0.2, 0.25) is 0 Å². The van der Waals surface area contributed by atoms with Crippen LogP contribution < -0.4 is 5.32 Å². The maximum absolute atomic E-state index is 12.5. The molecule has 3 rings (SSSR count). The van der Waals surface area contributed by atoms with Gasteiger partial charge in [0, 0.05) is 38.9 Å². The number of carbonyl (C=O) groups is 1. The molecular formula is C16H21N5O2. The molecule has 0 saturated carbocycles. The average molecular weight is 315 g/mol. The predicted octanol–water partition coefficient (Wildman–Crippen LogP) is 1.42. The van der Waals surface area contributed by atoms with Crippen molar-refractivity contribution in [1.82, 2.24) is 24.8 Å². The summed E-state index contributed by atoms with van der Waals surface area (Å²) in [6.45, 7) is 3.27. The van der Waals surface area contributed by atoms with E-state index in [0.717, 1.165) is 24.4 Å². The van der Waals surface area contributed by atoms with E-state index >= 15 is 0 Å². The van der Waals surface area contributed by atoms with Crippen molar-refractivity contribution in [2.75, 3.05) is 13.2 Å². The Hall–Kier alpha value is -2.28. The number of hydrogen-bond acceptors (Lipinski definition) is 5. The lowest BCUT2D eigenvalue weighted by Crippen LogP contribution is -2.37. The van der Waals surface area contributed by atoms with Gasteiger partial charge in [-0.05, 0) is 25.7 Å². The van der Waals surface area contributed by atoms with Crippen molar-refractivity contribution in [3.8, 4) is 0 Å². The van der Waals surface area contributed by atoms with Crippen LogP contribution in [0, 0.1) is 12.8 Å². The van der Waals surface area contributed by atoms with Crippen molar-refractivity contribution < 1.29 is 9.53 Å². The van der Waals surface area contributed by atoms with Gasteiger partial charge in [-0.3, -0.25) is 9.78 Å². The smallest absolute Gasteiger partial charge is 0.272 e. The van der Waals surface area contributed by atoms with Gasteiger partial charge in [0.05, 0.1) is 17.9 Å². The molecule has 7 heteroatoms. The van der Waals surface area contributed by atoms with E-state index in [4.69, 9.17) is 4.74 Å². The molecule has 2 aromatic heterocycles. The van der Waals surface area contributed by atoms with E-state index in [-0.39, 0.29) is 11.9 Å². The van der Waals surface area contributed by atoms with Gasteiger partial charge in [0.15, 0.2) is 0 Å². The lowest BCUT2D eigenvalue weighted by Gasteiger charge is -2.30. The van der Waals surface area contributed by atoms with Crippen molar-refractivity contribution in [2.45, 2.75) is 25.8 Å².